The van der Waals surface area contributed by atoms with Gasteiger partial charge in [-0.2, -0.15) is 5.26 Å². The highest BCUT2D eigenvalue weighted by molar-refractivity contribution is 7.15. The van der Waals surface area contributed by atoms with Gasteiger partial charge in [0, 0.05) is 22.5 Å². The maximum absolute atomic E-state index is 12.3. The van der Waals surface area contributed by atoms with E-state index in [2.05, 4.69) is 10.3 Å². The van der Waals surface area contributed by atoms with Crippen LogP contribution in [0.5, 0.6) is 5.75 Å². The van der Waals surface area contributed by atoms with Crippen LogP contribution in [0.15, 0.2) is 54.7 Å². The fraction of sp³-hybridized carbons (Fsp3) is 0.150. The van der Waals surface area contributed by atoms with Crippen LogP contribution in [0.25, 0.3) is 0 Å². The molecule has 7 heteroatoms. The van der Waals surface area contributed by atoms with E-state index in [0.717, 1.165) is 16.9 Å². The number of nitrogens with zero attached hydrogens (tertiary/aromatic N) is 2. The Morgan fingerprint density at radius 2 is 1.96 bits per heavy atom. The number of rotatable bonds is 6. The summed E-state index contributed by atoms with van der Waals surface area (Å²) >= 11 is 7.32. The van der Waals surface area contributed by atoms with E-state index in [9.17, 15) is 4.79 Å². The molecule has 0 spiro atoms. The Bertz CT molecular complexity index is 962. The number of carbonyl (C=O) groups excluding carboxylic acids is 1. The van der Waals surface area contributed by atoms with E-state index in [1.807, 2.05) is 30.3 Å². The molecule has 1 atom stereocenters. The van der Waals surface area contributed by atoms with E-state index in [-0.39, 0.29) is 5.91 Å². The summed E-state index contributed by atoms with van der Waals surface area (Å²) in [7, 11) is 0. The molecule has 5 nitrogen and oxygen atoms in total. The Balaban J connectivity index is 1.56. The fourth-order valence-electron chi connectivity index (χ4n) is 2.32. The van der Waals surface area contributed by atoms with Gasteiger partial charge in [-0.15, -0.1) is 11.3 Å². The molecule has 0 aliphatic rings. The van der Waals surface area contributed by atoms with E-state index in [0.29, 0.717) is 21.5 Å². The van der Waals surface area contributed by atoms with Crippen molar-refractivity contribution in [1.29, 1.82) is 5.26 Å². The van der Waals surface area contributed by atoms with Crippen molar-refractivity contribution in [2.24, 2.45) is 0 Å². The van der Waals surface area contributed by atoms with Gasteiger partial charge in [0.2, 0.25) is 0 Å². The number of anilines is 1. The third kappa shape index (κ3) is 5.30. The average molecular weight is 398 g/mol. The summed E-state index contributed by atoms with van der Waals surface area (Å²) in [6.07, 6.45) is 1.78. The molecule has 2 aromatic carbocycles. The van der Waals surface area contributed by atoms with Crippen molar-refractivity contribution >= 4 is 34.0 Å². The maximum Gasteiger partial charge on any atom is 0.266 e. The Morgan fingerprint density at radius 3 is 2.63 bits per heavy atom. The predicted molar refractivity (Wildman–Crippen MR) is 106 cm³/mol. The van der Waals surface area contributed by atoms with Crippen molar-refractivity contribution in [1.82, 2.24) is 4.98 Å². The Labute approximate surface area is 166 Å². The lowest BCUT2D eigenvalue weighted by atomic mass is 10.1. The van der Waals surface area contributed by atoms with Crippen LogP contribution < -0.4 is 10.1 Å². The van der Waals surface area contributed by atoms with Crippen molar-refractivity contribution in [3.8, 4) is 11.8 Å². The molecule has 0 aliphatic heterocycles. The summed E-state index contributed by atoms with van der Waals surface area (Å²) in [5.41, 5.74) is 1.66. The molecule has 1 amide bonds. The van der Waals surface area contributed by atoms with Gasteiger partial charge in [-0.1, -0.05) is 23.7 Å². The van der Waals surface area contributed by atoms with Crippen LogP contribution in [0, 0.1) is 11.3 Å². The van der Waals surface area contributed by atoms with Crippen molar-refractivity contribution in [3.05, 3.63) is 75.8 Å². The summed E-state index contributed by atoms with van der Waals surface area (Å²) in [4.78, 5) is 17.6. The summed E-state index contributed by atoms with van der Waals surface area (Å²) in [6, 6.07) is 16.3. The predicted octanol–water partition coefficient (Wildman–Crippen LogP) is 4.66. The van der Waals surface area contributed by atoms with Gasteiger partial charge in [0.05, 0.1) is 11.6 Å². The minimum absolute atomic E-state index is 0.285. The molecular weight excluding hydrogens is 382 g/mol. The quantitative estimate of drug-likeness (QED) is 0.656. The molecule has 0 bridgehead atoms. The van der Waals surface area contributed by atoms with Crippen LogP contribution in [-0.4, -0.2) is 17.0 Å². The summed E-state index contributed by atoms with van der Waals surface area (Å²) in [5.74, 6) is 0.242. The summed E-state index contributed by atoms with van der Waals surface area (Å²) in [6.45, 7) is 1.66. The van der Waals surface area contributed by atoms with Crippen molar-refractivity contribution in [2.45, 2.75) is 19.4 Å². The van der Waals surface area contributed by atoms with Crippen LogP contribution in [0.4, 0.5) is 5.13 Å². The summed E-state index contributed by atoms with van der Waals surface area (Å²) in [5, 5.41) is 12.8. The summed E-state index contributed by atoms with van der Waals surface area (Å²) < 4.78 is 5.60. The number of halogens is 1. The highest BCUT2D eigenvalue weighted by Crippen LogP contribution is 2.22. The third-order valence-corrected chi connectivity index (χ3v) is 4.91. The third-order valence-electron chi connectivity index (χ3n) is 3.74. The highest BCUT2D eigenvalue weighted by Gasteiger charge is 2.16. The van der Waals surface area contributed by atoms with Gasteiger partial charge in [0.25, 0.3) is 5.91 Å². The van der Waals surface area contributed by atoms with Crippen molar-refractivity contribution < 1.29 is 9.53 Å². The van der Waals surface area contributed by atoms with Gasteiger partial charge < -0.3 is 4.74 Å². The number of benzene rings is 2. The van der Waals surface area contributed by atoms with E-state index in [1.54, 1.807) is 37.4 Å². The van der Waals surface area contributed by atoms with Gasteiger partial charge in [0.1, 0.15) is 5.75 Å². The zero-order valence-corrected chi connectivity index (χ0v) is 16.1. The molecular formula is C20H16ClN3O2S. The molecule has 3 rings (SSSR count). The molecule has 136 valence electrons. The molecule has 1 N–H and O–H groups in total. The van der Waals surface area contributed by atoms with Crippen molar-refractivity contribution in [3.63, 3.8) is 0 Å². The number of thiazole rings is 1. The van der Waals surface area contributed by atoms with E-state index < -0.39 is 6.10 Å². The second-order valence-corrected chi connectivity index (χ2v) is 7.37. The number of nitriles is 1. The zero-order valence-electron chi connectivity index (χ0n) is 14.5. The van der Waals surface area contributed by atoms with Crippen LogP contribution in [0.2, 0.25) is 5.02 Å². The first kappa shape index (κ1) is 18.9. The van der Waals surface area contributed by atoms with Crippen LogP contribution in [0.3, 0.4) is 0 Å². The molecule has 3 aromatic rings. The molecule has 27 heavy (non-hydrogen) atoms. The number of hydrogen-bond donors (Lipinski definition) is 1. The smallest absolute Gasteiger partial charge is 0.266 e. The minimum Gasteiger partial charge on any atom is -0.481 e. The van der Waals surface area contributed by atoms with Gasteiger partial charge in [-0.05, 0) is 48.9 Å². The Kier molecular flexibility index (Phi) is 6.07. The molecule has 0 saturated heterocycles. The largest absolute Gasteiger partial charge is 0.481 e. The van der Waals surface area contributed by atoms with Gasteiger partial charge >= 0.3 is 0 Å². The Morgan fingerprint density at radius 1 is 1.26 bits per heavy atom. The number of hydrogen-bond acceptors (Lipinski definition) is 5. The number of nitrogens with one attached hydrogen (secondary N) is 1. The number of carbonyl (C=O) groups is 1. The molecule has 0 saturated carbocycles. The number of amides is 1. The molecule has 1 aromatic heterocycles. The zero-order chi connectivity index (χ0) is 19.2. The Hall–Kier alpha value is -2.88. The minimum atomic E-state index is -0.693. The van der Waals surface area contributed by atoms with Crippen LogP contribution >= 0.6 is 22.9 Å². The average Bonchev–Trinajstić information content (AvgIpc) is 3.11. The second-order valence-electron chi connectivity index (χ2n) is 5.82. The van der Waals surface area contributed by atoms with E-state index in [4.69, 9.17) is 21.6 Å². The first-order chi connectivity index (χ1) is 13.0. The highest BCUT2D eigenvalue weighted by atomic mass is 35.5. The van der Waals surface area contributed by atoms with Gasteiger partial charge in [-0.25, -0.2) is 4.98 Å². The second kappa shape index (κ2) is 8.67. The number of ether oxygens (including phenoxy) is 1. The molecule has 1 unspecified atom stereocenters. The van der Waals surface area contributed by atoms with Crippen LogP contribution in [0.1, 0.15) is 22.9 Å². The van der Waals surface area contributed by atoms with Crippen LogP contribution in [-0.2, 0) is 11.2 Å². The molecule has 1 heterocycles. The lowest BCUT2D eigenvalue weighted by Gasteiger charge is -2.13. The SMILES string of the molecule is CC(Oc1ccc(C#N)cc1)C(=O)Nc1ncc(Cc2ccc(Cl)cc2)s1. The topological polar surface area (TPSA) is 75.0 Å². The molecule has 0 radical (unpaired) electrons. The normalized spacial score (nSPS) is 11.4. The lowest BCUT2D eigenvalue weighted by Crippen LogP contribution is -2.30. The van der Waals surface area contributed by atoms with Gasteiger partial charge in [-0.3, -0.25) is 10.1 Å². The first-order valence-electron chi connectivity index (χ1n) is 8.20. The maximum atomic E-state index is 12.3. The lowest BCUT2D eigenvalue weighted by molar-refractivity contribution is -0.122. The van der Waals surface area contributed by atoms with E-state index in [1.165, 1.54) is 11.3 Å². The molecule has 0 aliphatic carbocycles. The van der Waals surface area contributed by atoms with E-state index >= 15 is 0 Å². The molecule has 0 fully saturated rings. The first-order valence-corrected chi connectivity index (χ1v) is 9.40. The fourth-order valence-corrected chi connectivity index (χ4v) is 3.30. The van der Waals surface area contributed by atoms with Gasteiger partial charge in [0.15, 0.2) is 11.2 Å². The monoisotopic (exact) mass is 397 g/mol. The number of aromatic nitrogens is 1. The standard InChI is InChI=1S/C20H16ClN3O2S/c1-13(26-17-8-4-15(11-22)5-9-17)19(25)24-20-23-12-18(27-20)10-14-2-6-16(21)7-3-14/h2-9,12-13H,10H2,1H3,(H,23,24,25). The van der Waals surface area contributed by atoms with Crippen molar-refractivity contribution in [2.75, 3.05) is 5.32 Å².